The van der Waals surface area contributed by atoms with E-state index in [4.69, 9.17) is 0 Å². The van der Waals surface area contributed by atoms with Gasteiger partial charge in [0.15, 0.2) is 0 Å². The van der Waals surface area contributed by atoms with Crippen molar-refractivity contribution in [3.63, 3.8) is 0 Å². The average molecular weight is 422 g/mol. The molecule has 0 spiro atoms. The molecule has 5 heteroatoms. The van der Waals surface area contributed by atoms with Gasteiger partial charge in [0.05, 0.1) is 16.6 Å². The molecule has 118 valence electrons. The van der Waals surface area contributed by atoms with Gasteiger partial charge >= 0.3 is 0 Å². The summed E-state index contributed by atoms with van der Waals surface area (Å²) in [5.41, 5.74) is 2.25. The molecule has 0 aliphatic carbocycles. The van der Waals surface area contributed by atoms with E-state index in [1.807, 2.05) is 53.8 Å². The molecule has 3 rings (SSSR count). The van der Waals surface area contributed by atoms with E-state index in [-0.39, 0.29) is 11.4 Å². The van der Waals surface area contributed by atoms with Gasteiger partial charge < -0.3 is 0 Å². The molecule has 0 atom stereocenters. The first-order valence-corrected chi connectivity index (χ1v) is 8.63. The second kappa shape index (κ2) is 6.39. The van der Waals surface area contributed by atoms with Gasteiger partial charge in [0.2, 0.25) is 0 Å². The Morgan fingerprint density at radius 3 is 2.43 bits per heavy atom. The molecule has 1 heterocycles. The van der Waals surface area contributed by atoms with Crippen LogP contribution < -0.4 is 5.56 Å². The van der Waals surface area contributed by atoms with Gasteiger partial charge in [-0.05, 0) is 52.8 Å². The Balaban J connectivity index is 2.32. The van der Waals surface area contributed by atoms with Gasteiger partial charge in [-0.1, -0.05) is 26.0 Å². The number of aryl methyl sites for hydroxylation is 2. The molecule has 1 aromatic heterocycles. The maximum absolute atomic E-state index is 13.8. The normalized spacial score (nSPS) is 11.1. The summed E-state index contributed by atoms with van der Waals surface area (Å²) < 4.78 is 15.8. The molecule has 0 saturated carbocycles. The number of halogens is 2. The molecule has 0 aliphatic rings. The Bertz CT molecular complexity index is 932. The number of hydrogen-bond donors (Lipinski definition) is 0. The van der Waals surface area contributed by atoms with Crippen molar-refractivity contribution in [1.82, 2.24) is 9.55 Å². The quantitative estimate of drug-likeness (QED) is 0.592. The summed E-state index contributed by atoms with van der Waals surface area (Å²) >= 11 is 1.89. The number of aromatic nitrogens is 2. The molecular formula is C18H16FIN2O. The number of fused-ring (bicyclic) bond motifs is 1. The highest BCUT2D eigenvalue weighted by Crippen LogP contribution is 2.19. The Morgan fingerprint density at radius 1 is 1.13 bits per heavy atom. The number of rotatable bonds is 3. The number of benzene rings is 2. The van der Waals surface area contributed by atoms with Gasteiger partial charge in [0, 0.05) is 16.1 Å². The van der Waals surface area contributed by atoms with Crippen LogP contribution in [0, 0.1) is 9.39 Å². The van der Waals surface area contributed by atoms with Crippen molar-refractivity contribution < 1.29 is 4.39 Å². The zero-order valence-electron chi connectivity index (χ0n) is 12.9. The summed E-state index contributed by atoms with van der Waals surface area (Å²) in [5.74, 6) is 0.282. The van der Waals surface area contributed by atoms with Crippen molar-refractivity contribution >= 4 is 33.5 Å². The fourth-order valence-electron chi connectivity index (χ4n) is 2.61. The maximum Gasteiger partial charge on any atom is 0.266 e. The van der Waals surface area contributed by atoms with Crippen LogP contribution in [-0.2, 0) is 12.8 Å². The highest BCUT2D eigenvalue weighted by molar-refractivity contribution is 14.1. The lowest BCUT2D eigenvalue weighted by atomic mass is 10.1. The zero-order valence-corrected chi connectivity index (χ0v) is 15.1. The van der Waals surface area contributed by atoms with Crippen LogP contribution in [0.2, 0.25) is 0 Å². The topological polar surface area (TPSA) is 34.9 Å². The van der Waals surface area contributed by atoms with Gasteiger partial charge in [-0.25, -0.2) is 9.37 Å². The first-order valence-electron chi connectivity index (χ1n) is 7.55. The third-order valence-electron chi connectivity index (χ3n) is 3.90. The molecule has 0 N–H and O–H groups in total. The summed E-state index contributed by atoms with van der Waals surface area (Å²) in [6.45, 7) is 4.03. The van der Waals surface area contributed by atoms with E-state index in [0.717, 1.165) is 12.1 Å². The lowest BCUT2D eigenvalue weighted by Crippen LogP contribution is -2.24. The van der Waals surface area contributed by atoms with Crippen molar-refractivity contribution in [3.05, 3.63) is 67.5 Å². The smallest absolute Gasteiger partial charge is 0.266 e. The lowest BCUT2D eigenvalue weighted by molar-refractivity contribution is 0.621. The molecule has 0 aliphatic heterocycles. The molecule has 0 bridgehead atoms. The highest BCUT2D eigenvalue weighted by atomic mass is 127. The van der Waals surface area contributed by atoms with Crippen LogP contribution in [0.1, 0.15) is 25.2 Å². The monoisotopic (exact) mass is 422 g/mol. The predicted molar refractivity (Wildman–Crippen MR) is 98.8 cm³/mol. The molecule has 3 nitrogen and oxygen atoms in total. The summed E-state index contributed by atoms with van der Waals surface area (Å²) in [6.07, 6.45) is 1.54. The largest absolute Gasteiger partial charge is 0.268 e. The standard InChI is InChI=1S/C18H16FIN2O/c1-3-11-5-7-12(8-6-11)22-17(4-2)21-16-10-14(19)15(20)9-13(16)18(22)23/h5-10H,3-4H2,1-2H3. The van der Waals surface area contributed by atoms with E-state index < -0.39 is 0 Å². The van der Waals surface area contributed by atoms with Crippen LogP contribution in [0.3, 0.4) is 0 Å². The van der Waals surface area contributed by atoms with Crippen molar-refractivity contribution in [2.24, 2.45) is 0 Å². The Morgan fingerprint density at radius 2 is 1.83 bits per heavy atom. The zero-order chi connectivity index (χ0) is 16.6. The molecule has 23 heavy (non-hydrogen) atoms. The number of hydrogen-bond acceptors (Lipinski definition) is 2. The molecule has 0 fully saturated rings. The van der Waals surface area contributed by atoms with E-state index in [1.165, 1.54) is 11.6 Å². The molecule has 0 unspecified atom stereocenters. The molecular weight excluding hydrogens is 406 g/mol. The van der Waals surface area contributed by atoms with Crippen molar-refractivity contribution in [3.8, 4) is 5.69 Å². The molecule has 0 radical (unpaired) electrons. The van der Waals surface area contributed by atoms with Crippen LogP contribution in [-0.4, -0.2) is 9.55 Å². The Kier molecular flexibility index (Phi) is 4.48. The van der Waals surface area contributed by atoms with Gasteiger partial charge in [0.25, 0.3) is 5.56 Å². The van der Waals surface area contributed by atoms with E-state index in [9.17, 15) is 9.18 Å². The summed E-state index contributed by atoms with van der Waals surface area (Å²) in [6, 6.07) is 10.8. The SMILES string of the molecule is CCc1ccc(-n2c(CC)nc3cc(F)c(I)cc3c2=O)cc1. The van der Waals surface area contributed by atoms with Gasteiger partial charge in [-0.3, -0.25) is 9.36 Å². The van der Waals surface area contributed by atoms with Gasteiger partial charge in [-0.15, -0.1) is 0 Å². The molecule has 3 aromatic rings. The second-order valence-corrected chi connectivity index (χ2v) is 6.49. The van der Waals surface area contributed by atoms with Crippen molar-refractivity contribution in [1.29, 1.82) is 0 Å². The minimum absolute atomic E-state index is 0.158. The first kappa shape index (κ1) is 16.1. The van der Waals surface area contributed by atoms with E-state index in [1.54, 1.807) is 10.6 Å². The highest BCUT2D eigenvalue weighted by Gasteiger charge is 2.13. The summed E-state index contributed by atoms with van der Waals surface area (Å²) in [4.78, 5) is 17.4. The fourth-order valence-corrected chi connectivity index (χ4v) is 3.08. The van der Waals surface area contributed by atoms with Crippen LogP contribution in [0.15, 0.2) is 41.2 Å². The third-order valence-corrected chi connectivity index (χ3v) is 4.73. The van der Waals surface area contributed by atoms with E-state index in [2.05, 4.69) is 11.9 Å². The summed E-state index contributed by atoms with van der Waals surface area (Å²) in [7, 11) is 0. The molecule has 2 aromatic carbocycles. The lowest BCUT2D eigenvalue weighted by Gasteiger charge is -2.13. The van der Waals surface area contributed by atoms with Crippen molar-refractivity contribution in [2.45, 2.75) is 26.7 Å². The van der Waals surface area contributed by atoms with Crippen LogP contribution in [0.5, 0.6) is 0 Å². The maximum atomic E-state index is 13.8. The van der Waals surface area contributed by atoms with Gasteiger partial charge in [-0.2, -0.15) is 0 Å². The van der Waals surface area contributed by atoms with Gasteiger partial charge in [0.1, 0.15) is 11.6 Å². The second-order valence-electron chi connectivity index (χ2n) is 5.33. The van der Waals surface area contributed by atoms with E-state index in [0.29, 0.717) is 26.7 Å². The predicted octanol–water partition coefficient (Wildman–Crippen LogP) is 4.25. The number of nitrogens with zero attached hydrogens (tertiary/aromatic N) is 2. The minimum atomic E-state index is -0.350. The average Bonchev–Trinajstić information content (AvgIpc) is 2.57. The Labute approximate surface area is 147 Å². The molecule has 0 amide bonds. The minimum Gasteiger partial charge on any atom is -0.268 e. The summed E-state index contributed by atoms with van der Waals surface area (Å²) in [5, 5.41) is 0.438. The third kappa shape index (κ3) is 2.89. The van der Waals surface area contributed by atoms with E-state index >= 15 is 0 Å². The van der Waals surface area contributed by atoms with Crippen LogP contribution in [0.4, 0.5) is 4.39 Å². The van der Waals surface area contributed by atoms with Crippen LogP contribution in [0.25, 0.3) is 16.6 Å². The van der Waals surface area contributed by atoms with Crippen LogP contribution >= 0.6 is 22.6 Å². The fraction of sp³-hybridized carbons (Fsp3) is 0.222. The first-order chi connectivity index (χ1) is 11.0. The molecule has 0 saturated heterocycles. The Hall–Kier alpha value is -1.76. The van der Waals surface area contributed by atoms with Crippen molar-refractivity contribution in [2.75, 3.05) is 0 Å².